The monoisotopic (exact) mass is 373 g/mol. The van der Waals surface area contributed by atoms with Crippen LogP contribution in [0.1, 0.15) is 5.56 Å². The Morgan fingerprint density at radius 2 is 1.43 bits per heavy atom. The quantitative estimate of drug-likeness (QED) is 0.807. The molecular weight excluding hydrogens is 358 g/mol. The highest BCUT2D eigenvalue weighted by molar-refractivity contribution is 7.93. The lowest BCUT2D eigenvalue weighted by atomic mass is 10.2. The first-order chi connectivity index (χ1) is 10.6. The lowest BCUT2D eigenvalue weighted by molar-refractivity contribution is 0.464. The van der Waals surface area contributed by atoms with Gasteiger partial charge in [0.15, 0.2) is 9.84 Å². The second-order valence-electron chi connectivity index (χ2n) is 5.07. The number of sulfonamides is 1. The Labute approximate surface area is 141 Å². The molecule has 0 amide bonds. The van der Waals surface area contributed by atoms with E-state index >= 15 is 0 Å². The molecule has 0 aliphatic rings. The maximum Gasteiger partial charge on any atom is 0.244 e. The summed E-state index contributed by atoms with van der Waals surface area (Å²) < 4.78 is 50.2. The summed E-state index contributed by atoms with van der Waals surface area (Å²) in [5, 5.41) is 0.450. The van der Waals surface area contributed by atoms with Crippen molar-refractivity contribution in [3.63, 3.8) is 0 Å². The maximum atomic E-state index is 12.7. The number of hydrogen-bond acceptors (Lipinski definition) is 4. The summed E-state index contributed by atoms with van der Waals surface area (Å²) in [4.78, 5) is -0.455. The molecule has 0 bridgehead atoms. The minimum Gasteiger partial charge on any atom is -0.224 e. The van der Waals surface area contributed by atoms with E-state index in [9.17, 15) is 16.8 Å². The molecule has 8 heteroatoms. The molecule has 0 aliphatic heterocycles. The number of nitrogens with zero attached hydrogens (tertiary/aromatic N) is 1. The number of hydrogen-bond donors (Lipinski definition) is 0. The molecular formula is C15H16ClNO4S2. The second kappa shape index (κ2) is 6.60. The van der Waals surface area contributed by atoms with E-state index in [1.807, 2.05) is 0 Å². The molecule has 2 aromatic rings. The third-order valence-electron chi connectivity index (χ3n) is 3.29. The predicted molar refractivity (Wildman–Crippen MR) is 89.7 cm³/mol. The Morgan fingerprint density at radius 1 is 0.913 bits per heavy atom. The maximum absolute atomic E-state index is 12.7. The molecule has 0 N–H and O–H groups in total. The van der Waals surface area contributed by atoms with E-state index in [2.05, 4.69) is 0 Å². The fraction of sp³-hybridized carbons (Fsp3) is 0.200. The number of rotatable bonds is 5. The van der Waals surface area contributed by atoms with Gasteiger partial charge in [-0.05, 0) is 23.8 Å². The Hall–Kier alpha value is -1.41. The molecule has 0 atom stereocenters. The van der Waals surface area contributed by atoms with Gasteiger partial charge in [-0.1, -0.05) is 41.9 Å². The summed E-state index contributed by atoms with van der Waals surface area (Å²) >= 11 is 6.05. The average molecular weight is 374 g/mol. The molecule has 0 heterocycles. The fourth-order valence-corrected chi connectivity index (χ4v) is 5.03. The first-order valence-electron chi connectivity index (χ1n) is 6.63. The molecule has 0 saturated heterocycles. The van der Waals surface area contributed by atoms with Crippen molar-refractivity contribution in [1.29, 1.82) is 0 Å². The topological polar surface area (TPSA) is 71.5 Å². The van der Waals surface area contributed by atoms with Crippen LogP contribution < -0.4 is 0 Å². The van der Waals surface area contributed by atoms with Crippen LogP contribution in [0.2, 0.25) is 5.02 Å². The standard InChI is InChI=1S/C15H16ClNO4S2/c1-17(11-12-7-3-4-8-13(12)16)23(20,21)15-10-6-5-9-14(15)22(2,18)19/h3-10H,11H2,1-2H3. The summed E-state index contributed by atoms with van der Waals surface area (Å²) in [6.07, 6.45) is 0.982. The first-order valence-corrected chi connectivity index (χ1v) is 10.3. The van der Waals surface area contributed by atoms with Crippen molar-refractivity contribution in [3.8, 4) is 0 Å². The smallest absolute Gasteiger partial charge is 0.224 e. The van der Waals surface area contributed by atoms with Crippen LogP contribution in [0.15, 0.2) is 58.3 Å². The average Bonchev–Trinajstić information content (AvgIpc) is 2.48. The van der Waals surface area contributed by atoms with Gasteiger partial charge in [0, 0.05) is 24.9 Å². The van der Waals surface area contributed by atoms with Crippen molar-refractivity contribution < 1.29 is 16.8 Å². The van der Waals surface area contributed by atoms with Crippen LogP contribution in [-0.4, -0.2) is 34.4 Å². The summed E-state index contributed by atoms with van der Waals surface area (Å²) in [7, 11) is -6.25. The lowest BCUT2D eigenvalue weighted by Gasteiger charge is -2.19. The van der Waals surface area contributed by atoms with Gasteiger partial charge >= 0.3 is 0 Å². The predicted octanol–water partition coefficient (Wildman–Crippen LogP) is 2.56. The molecule has 0 fully saturated rings. The Kier molecular flexibility index (Phi) is 5.15. The zero-order chi connectivity index (χ0) is 17.3. The fourth-order valence-electron chi connectivity index (χ4n) is 2.09. The third kappa shape index (κ3) is 3.92. The van der Waals surface area contributed by atoms with Gasteiger partial charge in [-0.15, -0.1) is 0 Å². The summed E-state index contributed by atoms with van der Waals surface area (Å²) in [6, 6.07) is 12.4. The molecule has 0 radical (unpaired) electrons. The SMILES string of the molecule is CN(Cc1ccccc1Cl)S(=O)(=O)c1ccccc1S(C)(=O)=O. The molecule has 0 spiro atoms. The molecule has 0 saturated carbocycles. The summed E-state index contributed by atoms with van der Waals surface area (Å²) in [5.74, 6) is 0. The zero-order valence-electron chi connectivity index (χ0n) is 12.6. The molecule has 23 heavy (non-hydrogen) atoms. The Balaban J connectivity index is 2.45. The van der Waals surface area contributed by atoms with Gasteiger partial charge < -0.3 is 0 Å². The molecule has 124 valence electrons. The molecule has 0 aliphatic carbocycles. The van der Waals surface area contributed by atoms with Crippen molar-refractivity contribution in [3.05, 3.63) is 59.1 Å². The Bertz CT molecular complexity index is 924. The van der Waals surface area contributed by atoms with Gasteiger partial charge in [0.25, 0.3) is 0 Å². The highest BCUT2D eigenvalue weighted by atomic mass is 35.5. The van der Waals surface area contributed by atoms with Gasteiger partial charge in [-0.3, -0.25) is 0 Å². The van der Waals surface area contributed by atoms with Crippen molar-refractivity contribution >= 4 is 31.5 Å². The third-order valence-corrected chi connectivity index (χ3v) is 6.80. The van der Waals surface area contributed by atoms with Gasteiger partial charge in [-0.2, -0.15) is 4.31 Å². The van der Waals surface area contributed by atoms with E-state index in [0.29, 0.717) is 10.6 Å². The van der Waals surface area contributed by atoms with E-state index in [0.717, 1.165) is 10.6 Å². The molecule has 2 rings (SSSR count). The first kappa shape index (κ1) is 17.9. The molecule has 0 aromatic heterocycles. The van der Waals surface area contributed by atoms with Crippen molar-refractivity contribution in [2.45, 2.75) is 16.3 Å². The normalized spacial score (nSPS) is 12.5. The highest BCUT2D eigenvalue weighted by Gasteiger charge is 2.27. The van der Waals surface area contributed by atoms with Crippen LogP contribution in [0.3, 0.4) is 0 Å². The highest BCUT2D eigenvalue weighted by Crippen LogP contribution is 2.25. The van der Waals surface area contributed by atoms with Crippen LogP contribution in [0.5, 0.6) is 0 Å². The minimum absolute atomic E-state index is 0.0418. The van der Waals surface area contributed by atoms with Crippen LogP contribution >= 0.6 is 11.6 Å². The van der Waals surface area contributed by atoms with Crippen LogP contribution in [0.4, 0.5) is 0 Å². The molecule has 0 unspecified atom stereocenters. The molecule has 5 nitrogen and oxygen atoms in total. The Morgan fingerprint density at radius 3 is 2.00 bits per heavy atom. The largest absolute Gasteiger partial charge is 0.244 e. The van der Waals surface area contributed by atoms with E-state index in [4.69, 9.17) is 11.6 Å². The van der Waals surface area contributed by atoms with Gasteiger partial charge in [-0.25, -0.2) is 16.8 Å². The van der Waals surface area contributed by atoms with Crippen LogP contribution in [0, 0.1) is 0 Å². The van der Waals surface area contributed by atoms with Crippen LogP contribution in [0.25, 0.3) is 0 Å². The number of sulfone groups is 1. The zero-order valence-corrected chi connectivity index (χ0v) is 15.0. The van der Waals surface area contributed by atoms with E-state index in [1.54, 1.807) is 24.3 Å². The van der Waals surface area contributed by atoms with Crippen molar-refractivity contribution in [1.82, 2.24) is 4.31 Å². The van der Waals surface area contributed by atoms with Crippen LogP contribution in [-0.2, 0) is 26.4 Å². The van der Waals surface area contributed by atoms with E-state index < -0.39 is 19.9 Å². The number of halogens is 1. The summed E-state index contributed by atoms with van der Waals surface area (Å²) in [6.45, 7) is 0.0418. The lowest BCUT2D eigenvalue weighted by Crippen LogP contribution is -2.28. The minimum atomic E-state index is -3.97. The van der Waals surface area contributed by atoms with Gasteiger partial charge in [0.1, 0.15) is 4.90 Å². The second-order valence-corrected chi connectivity index (χ2v) is 9.48. The molecule has 2 aromatic carbocycles. The van der Waals surface area contributed by atoms with Gasteiger partial charge in [0.05, 0.1) is 4.90 Å². The van der Waals surface area contributed by atoms with Crippen molar-refractivity contribution in [2.75, 3.05) is 13.3 Å². The number of benzene rings is 2. The summed E-state index contributed by atoms with van der Waals surface area (Å²) in [5.41, 5.74) is 0.636. The van der Waals surface area contributed by atoms with Crippen molar-refractivity contribution in [2.24, 2.45) is 0 Å². The van der Waals surface area contributed by atoms with E-state index in [1.165, 1.54) is 31.3 Å². The van der Waals surface area contributed by atoms with Gasteiger partial charge in [0.2, 0.25) is 10.0 Å². The van der Waals surface area contributed by atoms with E-state index in [-0.39, 0.29) is 16.3 Å².